The number of benzene rings is 1. The van der Waals surface area contributed by atoms with Crippen molar-refractivity contribution in [2.75, 3.05) is 19.9 Å². The van der Waals surface area contributed by atoms with Crippen molar-refractivity contribution in [3.8, 4) is 17.6 Å². The summed E-state index contributed by atoms with van der Waals surface area (Å²) in [5.41, 5.74) is 0.928. The molecular formula is C13H15BrN2O2. The molecule has 0 bridgehead atoms. The highest BCUT2D eigenvalue weighted by Gasteiger charge is 2.23. The lowest BCUT2D eigenvalue weighted by molar-refractivity contribution is 0.173. The fourth-order valence-corrected chi connectivity index (χ4v) is 2.68. The fourth-order valence-electron chi connectivity index (χ4n) is 2.10. The average molecular weight is 311 g/mol. The van der Waals surface area contributed by atoms with Gasteiger partial charge in [-0.25, -0.2) is 0 Å². The maximum Gasteiger partial charge on any atom is 0.231 e. The number of hydrogen-bond acceptors (Lipinski definition) is 4. The van der Waals surface area contributed by atoms with Crippen LogP contribution >= 0.6 is 15.9 Å². The topological polar surface area (TPSA) is 45.5 Å². The Bertz CT molecular complexity index is 481. The van der Waals surface area contributed by atoms with Gasteiger partial charge in [0.15, 0.2) is 11.5 Å². The van der Waals surface area contributed by atoms with Crippen molar-refractivity contribution in [2.45, 2.75) is 19.9 Å². The minimum absolute atomic E-state index is 0.236. The van der Waals surface area contributed by atoms with E-state index in [0.29, 0.717) is 5.75 Å². The summed E-state index contributed by atoms with van der Waals surface area (Å²) in [6.07, 6.45) is 0. The smallest absolute Gasteiger partial charge is 0.231 e. The van der Waals surface area contributed by atoms with Crippen molar-refractivity contribution in [1.82, 2.24) is 4.90 Å². The van der Waals surface area contributed by atoms with E-state index in [0.717, 1.165) is 28.9 Å². The number of hydrogen-bond donors (Lipinski definition) is 0. The number of halogens is 1. The second-order valence-electron chi connectivity index (χ2n) is 3.99. The second kappa shape index (κ2) is 5.59. The van der Waals surface area contributed by atoms with E-state index in [9.17, 15) is 5.26 Å². The van der Waals surface area contributed by atoms with Crippen molar-refractivity contribution < 1.29 is 9.47 Å². The molecule has 1 atom stereocenters. The molecule has 96 valence electrons. The predicted octanol–water partition coefficient (Wildman–Crippen LogP) is 3.08. The van der Waals surface area contributed by atoms with Crippen LogP contribution in [0.2, 0.25) is 0 Å². The molecule has 0 aliphatic carbocycles. The summed E-state index contributed by atoms with van der Waals surface area (Å²) in [5.74, 6) is 1.42. The highest BCUT2D eigenvalue weighted by Crippen LogP contribution is 2.41. The first kappa shape index (κ1) is 13.2. The van der Waals surface area contributed by atoms with E-state index in [1.54, 1.807) is 0 Å². The number of nitrogens with zero attached hydrogens (tertiary/aromatic N) is 2. The maximum absolute atomic E-state index is 9.37. The Morgan fingerprint density at radius 3 is 2.72 bits per heavy atom. The summed E-state index contributed by atoms with van der Waals surface area (Å²) < 4.78 is 11.6. The van der Waals surface area contributed by atoms with E-state index in [1.807, 2.05) is 12.1 Å². The van der Waals surface area contributed by atoms with Gasteiger partial charge in [0.1, 0.15) is 6.04 Å². The minimum atomic E-state index is -0.259. The first-order valence-electron chi connectivity index (χ1n) is 5.94. The monoisotopic (exact) mass is 310 g/mol. The van der Waals surface area contributed by atoms with E-state index in [1.165, 1.54) is 0 Å². The lowest BCUT2D eigenvalue weighted by Gasteiger charge is -2.24. The molecule has 0 N–H and O–H groups in total. The molecule has 0 aromatic heterocycles. The van der Waals surface area contributed by atoms with E-state index in [2.05, 4.69) is 40.7 Å². The Kier molecular flexibility index (Phi) is 4.10. The van der Waals surface area contributed by atoms with Gasteiger partial charge in [0.25, 0.3) is 0 Å². The average Bonchev–Trinajstić information content (AvgIpc) is 2.84. The van der Waals surface area contributed by atoms with Crippen LogP contribution in [0.3, 0.4) is 0 Å². The molecule has 1 aliphatic rings. The van der Waals surface area contributed by atoms with Crippen LogP contribution in [0.25, 0.3) is 0 Å². The minimum Gasteiger partial charge on any atom is -0.454 e. The third-order valence-electron chi connectivity index (χ3n) is 3.07. The summed E-state index contributed by atoms with van der Waals surface area (Å²) in [5, 5.41) is 9.37. The molecule has 2 rings (SSSR count). The Morgan fingerprint density at radius 2 is 2.11 bits per heavy atom. The number of fused-ring (bicyclic) bond motifs is 1. The first-order chi connectivity index (χ1) is 8.71. The van der Waals surface area contributed by atoms with Gasteiger partial charge in [-0.2, -0.15) is 5.26 Å². The Labute approximate surface area is 115 Å². The van der Waals surface area contributed by atoms with Gasteiger partial charge in [0, 0.05) is 0 Å². The molecule has 1 aliphatic heterocycles. The second-order valence-corrected chi connectivity index (χ2v) is 4.84. The molecule has 0 radical (unpaired) electrons. The van der Waals surface area contributed by atoms with E-state index < -0.39 is 0 Å². The Morgan fingerprint density at radius 1 is 1.39 bits per heavy atom. The molecule has 0 amide bonds. The van der Waals surface area contributed by atoms with Crippen LogP contribution in [0.4, 0.5) is 0 Å². The molecule has 0 spiro atoms. The zero-order valence-corrected chi connectivity index (χ0v) is 12.0. The van der Waals surface area contributed by atoms with Gasteiger partial charge in [-0.3, -0.25) is 4.90 Å². The number of rotatable bonds is 4. The van der Waals surface area contributed by atoms with E-state index >= 15 is 0 Å². The van der Waals surface area contributed by atoms with Crippen molar-refractivity contribution in [1.29, 1.82) is 5.26 Å². The van der Waals surface area contributed by atoms with Gasteiger partial charge in [0.05, 0.1) is 10.5 Å². The SMILES string of the molecule is CCN(CC)C(C#N)c1cc(Br)c2c(c1)OCO2. The summed E-state index contributed by atoms with van der Waals surface area (Å²) >= 11 is 3.46. The van der Waals surface area contributed by atoms with Gasteiger partial charge in [-0.05, 0) is 46.7 Å². The molecule has 18 heavy (non-hydrogen) atoms. The summed E-state index contributed by atoms with van der Waals surface area (Å²) in [6.45, 7) is 6.01. The maximum atomic E-state index is 9.37. The van der Waals surface area contributed by atoms with Crippen LogP contribution < -0.4 is 9.47 Å². The molecule has 1 heterocycles. The van der Waals surface area contributed by atoms with Gasteiger partial charge in [0.2, 0.25) is 6.79 Å². The molecular weight excluding hydrogens is 296 g/mol. The summed E-state index contributed by atoms with van der Waals surface area (Å²) in [4.78, 5) is 2.10. The Balaban J connectivity index is 2.38. The zero-order valence-electron chi connectivity index (χ0n) is 10.4. The normalized spacial score (nSPS) is 14.6. The fraction of sp³-hybridized carbons (Fsp3) is 0.462. The van der Waals surface area contributed by atoms with Gasteiger partial charge in [-0.15, -0.1) is 0 Å². The lowest BCUT2D eigenvalue weighted by atomic mass is 10.1. The molecule has 1 aromatic rings. The van der Waals surface area contributed by atoms with Crippen molar-refractivity contribution in [3.63, 3.8) is 0 Å². The van der Waals surface area contributed by atoms with E-state index in [4.69, 9.17) is 9.47 Å². The Hall–Kier alpha value is -1.25. The van der Waals surface area contributed by atoms with Crippen LogP contribution in [0.5, 0.6) is 11.5 Å². The van der Waals surface area contributed by atoms with Crippen LogP contribution in [0.1, 0.15) is 25.5 Å². The van der Waals surface area contributed by atoms with Crippen molar-refractivity contribution in [3.05, 3.63) is 22.2 Å². The number of ether oxygens (including phenoxy) is 2. The zero-order chi connectivity index (χ0) is 13.1. The number of nitriles is 1. The van der Waals surface area contributed by atoms with E-state index in [-0.39, 0.29) is 12.8 Å². The molecule has 5 heteroatoms. The third-order valence-corrected chi connectivity index (χ3v) is 3.65. The largest absolute Gasteiger partial charge is 0.454 e. The summed E-state index contributed by atoms with van der Waals surface area (Å²) in [7, 11) is 0. The summed E-state index contributed by atoms with van der Waals surface area (Å²) in [6, 6.07) is 5.91. The molecule has 0 saturated carbocycles. The van der Waals surface area contributed by atoms with Crippen molar-refractivity contribution >= 4 is 15.9 Å². The van der Waals surface area contributed by atoms with Gasteiger partial charge < -0.3 is 9.47 Å². The van der Waals surface area contributed by atoms with Crippen LogP contribution in [0, 0.1) is 11.3 Å². The standard InChI is InChI=1S/C13H15BrN2O2/c1-3-16(4-2)11(7-15)9-5-10(14)13-12(6-9)17-8-18-13/h5-6,11H,3-4,8H2,1-2H3. The molecule has 0 saturated heterocycles. The van der Waals surface area contributed by atoms with Gasteiger partial charge in [-0.1, -0.05) is 13.8 Å². The molecule has 4 nitrogen and oxygen atoms in total. The van der Waals surface area contributed by atoms with Crippen LogP contribution in [0.15, 0.2) is 16.6 Å². The third kappa shape index (κ3) is 2.31. The van der Waals surface area contributed by atoms with Crippen LogP contribution in [-0.4, -0.2) is 24.8 Å². The predicted molar refractivity (Wildman–Crippen MR) is 71.5 cm³/mol. The first-order valence-corrected chi connectivity index (χ1v) is 6.73. The molecule has 1 unspecified atom stereocenters. The lowest BCUT2D eigenvalue weighted by Crippen LogP contribution is -2.27. The molecule has 0 fully saturated rings. The van der Waals surface area contributed by atoms with Crippen molar-refractivity contribution in [2.24, 2.45) is 0 Å². The highest BCUT2D eigenvalue weighted by molar-refractivity contribution is 9.10. The van der Waals surface area contributed by atoms with Gasteiger partial charge >= 0.3 is 0 Å². The highest BCUT2D eigenvalue weighted by atomic mass is 79.9. The quantitative estimate of drug-likeness (QED) is 0.857. The molecule has 1 aromatic carbocycles. The van der Waals surface area contributed by atoms with Crippen LogP contribution in [-0.2, 0) is 0 Å².